The first kappa shape index (κ1) is 16.9. The standard InChI is InChI=1S/C18H19N3O4/c1-24-18(23)13-2-4-14(5-3-13)20-15-6-7-19-16(12-15)17(22)21-8-10-25-11-9-21/h2-7,12H,8-11H2,1H3,(H,19,20). The van der Waals surface area contributed by atoms with Gasteiger partial charge in [-0.2, -0.15) is 0 Å². The van der Waals surface area contributed by atoms with Gasteiger partial charge in [-0.3, -0.25) is 9.78 Å². The molecule has 130 valence electrons. The Labute approximate surface area is 145 Å². The Morgan fingerprint density at radius 3 is 2.52 bits per heavy atom. The predicted molar refractivity (Wildman–Crippen MR) is 92.0 cm³/mol. The van der Waals surface area contributed by atoms with Gasteiger partial charge in [-0.1, -0.05) is 0 Å². The monoisotopic (exact) mass is 341 g/mol. The summed E-state index contributed by atoms with van der Waals surface area (Å²) < 4.78 is 9.94. The van der Waals surface area contributed by atoms with Crippen molar-refractivity contribution < 1.29 is 19.1 Å². The maximum atomic E-state index is 12.5. The summed E-state index contributed by atoms with van der Waals surface area (Å²) in [6.07, 6.45) is 1.60. The minimum atomic E-state index is -0.381. The molecule has 3 rings (SSSR count). The second-order valence-corrected chi connectivity index (χ2v) is 5.53. The van der Waals surface area contributed by atoms with Gasteiger partial charge < -0.3 is 19.7 Å². The highest BCUT2D eigenvalue weighted by molar-refractivity contribution is 5.93. The van der Waals surface area contributed by atoms with Crippen LogP contribution in [0.1, 0.15) is 20.8 Å². The molecule has 2 heterocycles. The molecule has 1 saturated heterocycles. The molecule has 0 unspecified atom stereocenters. The molecule has 0 spiro atoms. The molecule has 25 heavy (non-hydrogen) atoms. The Morgan fingerprint density at radius 2 is 1.84 bits per heavy atom. The minimum absolute atomic E-state index is 0.104. The van der Waals surface area contributed by atoms with Crippen molar-refractivity contribution in [3.8, 4) is 0 Å². The maximum absolute atomic E-state index is 12.5. The number of pyridine rings is 1. The normalized spacial score (nSPS) is 14.0. The van der Waals surface area contributed by atoms with Crippen molar-refractivity contribution in [2.45, 2.75) is 0 Å². The van der Waals surface area contributed by atoms with Crippen LogP contribution >= 0.6 is 0 Å². The number of esters is 1. The Kier molecular flexibility index (Phi) is 5.25. The van der Waals surface area contributed by atoms with E-state index in [4.69, 9.17) is 4.74 Å². The number of carbonyl (C=O) groups excluding carboxylic acids is 2. The second-order valence-electron chi connectivity index (χ2n) is 5.53. The van der Waals surface area contributed by atoms with Gasteiger partial charge in [0.15, 0.2) is 0 Å². The summed E-state index contributed by atoms with van der Waals surface area (Å²) in [5, 5.41) is 3.20. The van der Waals surface area contributed by atoms with E-state index in [0.29, 0.717) is 37.6 Å². The Morgan fingerprint density at radius 1 is 1.12 bits per heavy atom. The molecule has 1 aliphatic rings. The van der Waals surface area contributed by atoms with E-state index in [-0.39, 0.29) is 11.9 Å². The van der Waals surface area contributed by atoms with Gasteiger partial charge >= 0.3 is 5.97 Å². The fraction of sp³-hybridized carbons (Fsp3) is 0.278. The van der Waals surface area contributed by atoms with Gasteiger partial charge in [0, 0.05) is 30.7 Å². The zero-order valence-electron chi connectivity index (χ0n) is 13.9. The van der Waals surface area contributed by atoms with E-state index in [1.807, 2.05) is 0 Å². The molecule has 0 aliphatic carbocycles. The molecule has 1 aromatic carbocycles. The van der Waals surface area contributed by atoms with Crippen molar-refractivity contribution in [1.29, 1.82) is 0 Å². The van der Waals surface area contributed by atoms with Crippen LogP contribution in [0.15, 0.2) is 42.6 Å². The molecule has 2 aromatic rings. The van der Waals surface area contributed by atoms with Crippen LogP contribution in [-0.2, 0) is 9.47 Å². The largest absolute Gasteiger partial charge is 0.465 e. The molecule has 1 aliphatic heterocycles. The summed E-state index contributed by atoms with van der Waals surface area (Å²) in [5.41, 5.74) is 2.41. The van der Waals surface area contributed by atoms with Crippen molar-refractivity contribution in [2.24, 2.45) is 0 Å². The number of benzene rings is 1. The quantitative estimate of drug-likeness (QED) is 0.858. The molecule has 1 fully saturated rings. The number of methoxy groups -OCH3 is 1. The number of nitrogens with one attached hydrogen (secondary N) is 1. The van der Waals surface area contributed by atoms with Crippen LogP contribution in [0.25, 0.3) is 0 Å². The van der Waals surface area contributed by atoms with Crippen molar-refractivity contribution in [2.75, 3.05) is 38.7 Å². The van der Waals surface area contributed by atoms with Gasteiger partial charge in [0.25, 0.3) is 5.91 Å². The summed E-state index contributed by atoms with van der Waals surface area (Å²) in [6.45, 7) is 2.26. The number of carbonyl (C=O) groups is 2. The number of ether oxygens (including phenoxy) is 2. The Balaban J connectivity index is 1.71. The average molecular weight is 341 g/mol. The zero-order chi connectivity index (χ0) is 17.6. The minimum Gasteiger partial charge on any atom is -0.465 e. The van der Waals surface area contributed by atoms with E-state index < -0.39 is 0 Å². The summed E-state index contributed by atoms with van der Waals surface area (Å²) in [6, 6.07) is 10.4. The fourth-order valence-corrected chi connectivity index (χ4v) is 2.53. The molecular weight excluding hydrogens is 322 g/mol. The average Bonchev–Trinajstić information content (AvgIpc) is 2.68. The molecule has 7 nitrogen and oxygen atoms in total. The molecule has 0 radical (unpaired) electrons. The fourth-order valence-electron chi connectivity index (χ4n) is 2.53. The lowest BCUT2D eigenvalue weighted by atomic mass is 10.2. The number of aromatic nitrogens is 1. The summed E-state index contributed by atoms with van der Waals surface area (Å²) in [4.78, 5) is 29.8. The molecule has 0 saturated carbocycles. The number of hydrogen-bond donors (Lipinski definition) is 1. The molecule has 1 N–H and O–H groups in total. The predicted octanol–water partition coefficient (Wildman–Crippen LogP) is 2.08. The molecule has 1 amide bonds. The lowest BCUT2D eigenvalue weighted by molar-refractivity contribution is 0.0299. The van der Waals surface area contributed by atoms with Crippen LogP contribution in [0.3, 0.4) is 0 Å². The van der Waals surface area contributed by atoms with Gasteiger partial charge in [-0.05, 0) is 36.4 Å². The molecular formula is C18H19N3O4. The lowest BCUT2D eigenvalue weighted by Crippen LogP contribution is -2.41. The van der Waals surface area contributed by atoms with Crippen molar-refractivity contribution >= 4 is 23.3 Å². The van der Waals surface area contributed by atoms with Crippen LogP contribution in [0, 0.1) is 0 Å². The highest BCUT2D eigenvalue weighted by Crippen LogP contribution is 2.18. The molecule has 0 atom stereocenters. The van der Waals surface area contributed by atoms with Gasteiger partial charge in [-0.25, -0.2) is 4.79 Å². The molecule has 0 bridgehead atoms. The topological polar surface area (TPSA) is 80.8 Å². The smallest absolute Gasteiger partial charge is 0.337 e. The summed E-state index contributed by atoms with van der Waals surface area (Å²) in [7, 11) is 1.35. The number of hydrogen-bond acceptors (Lipinski definition) is 6. The number of anilines is 2. The van der Waals surface area contributed by atoms with E-state index >= 15 is 0 Å². The maximum Gasteiger partial charge on any atom is 0.337 e. The lowest BCUT2D eigenvalue weighted by Gasteiger charge is -2.26. The molecule has 1 aromatic heterocycles. The first-order chi connectivity index (χ1) is 12.2. The van der Waals surface area contributed by atoms with E-state index in [0.717, 1.165) is 11.4 Å². The van der Waals surface area contributed by atoms with E-state index in [9.17, 15) is 9.59 Å². The Hall–Kier alpha value is -2.93. The molecule has 7 heteroatoms. The van der Waals surface area contributed by atoms with Crippen molar-refractivity contribution in [3.63, 3.8) is 0 Å². The summed E-state index contributed by atoms with van der Waals surface area (Å²) >= 11 is 0. The number of morpholine rings is 1. The SMILES string of the molecule is COC(=O)c1ccc(Nc2ccnc(C(=O)N3CCOCC3)c2)cc1. The zero-order valence-corrected chi connectivity index (χ0v) is 13.9. The van der Waals surface area contributed by atoms with Gasteiger partial charge in [0.2, 0.25) is 0 Å². The van der Waals surface area contributed by atoms with E-state index in [1.165, 1.54) is 7.11 Å². The van der Waals surface area contributed by atoms with Gasteiger partial charge in [-0.15, -0.1) is 0 Å². The van der Waals surface area contributed by atoms with Gasteiger partial charge in [0.05, 0.1) is 25.9 Å². The third-order valence-corrected chi connectivity index (χ3v) is 3.87. The van der Waals surface area contributed by atoms with Crippen molar-refractivity contribution in [3.05, 3.63) is 53.9 Å². The first-order valence-corrected chi connectivity index (χ1v) is 7.96. The van der Waals surface area contributed by atoms with Crippen LogP contribution in [-0.4, -0.2) is 55.2 Å². The van der Waals surface area contributed by atoms with E-state index in [1.54, 1.807) is 47.5 Å². The highest BCUT2D eigenvalue weighted by atomic mass is 16.5. The van der Waals surface area contributed by atoms with Crippen molar-refractivity contribution in [1.82, 2.24) is 9.88 Å². The Bertz CT molecular complexity index is 755. The number of amides is 1. The third-order valence-electron chi connectivity index (χ3n) is 3.87. The highest BCUT2D eigenvalue weighted by Gasteiger charge is 2.19. The third kappa shape index (κ3) is 4.13. The van der Waals surface area contributed by atoms with E-state index in [2.05, 4.69) is 15.0 Å². The second kappa shape index (κ2) is 7.76. The van der Waals surface area contributed by atoms with Gasteiger partial charge in [0.1, 0.15) is 5.69 Å². The number of rotatable bonds is 4. The summed E-state index contributed by atoms with van der Waals surface area (Å²) in [5.74, 6) is -0.484. The van der Waals surface area contributed by atoms with Crippen LogP contribution in [0.5, 0.6) is 0 Å². The van der Waals surface area contributed by atoms with Crippen LogP contribution < -0.4 is 5.32 Å². The number of nitrogens with zero attached hydrogens (tertiary/aromatic N) is 2. The van der Waals surface area contributed by atoms with Crippen LogP contribution in [0.2, 0.25) is 0 Å². The first-order valence-electron chi connectivity index (χ1n) is 7.96. The van der Waals surface area contributed by atoms with Crippen LogP contribution in [0.4, 0.5) is 11.4 Å².